The van der Waals surface area contributed by atoms with Gasteiger partial charge < -0.3 is 10.2 Å². The molecule has 0 fully saturated rings. The standard InChI is InChI=1S/C8H7BrO3/c9-6-2-1-5(4-10)7(3-6)8(11)12/h1-3,10H,4H2,(H,11,12). The lowest BCUT2D eigenvalue weighted by atomic mass is 10.1. The zero-order valence-corrected chi connectivity index (χ0v) is 7.71. The minimum Gasteiger partial charge on any atom is -0.478 e. The summed E-state index contributed by atoms with van der Waals surface area (Å²) in [6, 6.07) is 4.74. The molecule has 1 aromatic rings. The van der Waals surface area contributed by atoms with Gasteiger partial charge in [-0.1, -0.05) is 22.0 Å². The van der Waals surface area contributed by atoms with E-state index in [0.29, 0.717) is 10.0 Å². The van der Waals surface area contributed by atoms with Gasteiger partial charge in [-0.05, 0) is 17.7 Å². The smallest absolute Gasteiger partial charge is 0.336 e. The lowest BCUT2D eigenvalue weighted by molar-refractivity contribution is 0.0693. The van der Waals surface area contributed by atoms with Crippen LogP contribution in [0.25, 0.3) is 0 Å². The van der Waals surface area contributed by atoms with Gasteiger partial charge in [0.1, 0.15) is 0 Å². The summed E-state index contributed by atoms with van der Waals surface area (Å²) in [6.07, 6.45) is 0. The highest BCUT2D eigenvalue weighted by molar-refractivity contribution is 9.10. The SMILES string of the molecule is O=C(O)c1cc(Br)ccc1CO. The molecule has 64 valence electrons. The number of halogens is 1. The molecule has 0 aromatic heterocycles. The molecular weight excluding hydrogens is 224 g/mol. The Kier molecular flexibility index (Phi) is 2.83. The third-order valence-corrected chi connectivity index (χ3v) is 1.97. The first-order valence-electron chi connectivity index (χ1n) is 3.27. The van der Waals surface area contributed by atoms with E-state index in [-0.39, 0.29) is 12.2 Å². The second kappa shape index (κ2) is 3.69. The number of hydrogen-bond acceptors (Lipinski definition) is 2. The number of hydrogen-bond donors (Lipinski definition) is 2. The van der Waals surface area contributed by atoms with Crippen LogP contribution in [0.4, 0.5) is 0 Å². The Bertz CT molecular complexity index is 309. The van der Waals surface area contributed by atoms with Crippen LogP contribution in [-0.2, 0) is 6.61 Å². The lowest BCUT2D eigenvalue weighted by Gasteiger charge is -2.02. The van der Waals surface area contributed by atoms with Gasteiger partial charge in [0.15, 0.2) is 0 Å². The Labute approximate surface area is 77.8 Å². The zero-order valence-electron chi connectivity index (χ0n) is 6.12. The molecule has 0 amide bonds. The van der Waals surface area contributed by atoms with Crippen molar-refractivity contribution in [2.75, 3.05) is 0 Å². The predicted octanol–water partition coefficient (Wildman–Crippen LogP) is 1.64. The van der Waals surface area contributed by atoms with Gasteiger partial charge in [0.2, 0.25) is 0 Å². The highest BCUT2D eigenvalue weighted by Crippen LogP contribution is 2.16. The molecule has 0 saturated heterocycles. The number of carbonyl (C=O) groups is 1. The van der Waals surface area contributed by atoms with Gasteiger partial charge in [0.25, 0.3) is 0 Å². The molecule has 1 aromatic carbocycles. The van der Waals surface area contributed by atoms with Crippen molar-refractivity contribution < 1.29 is 15.0 Å². The average molecular weight is 231 g/mol. The molecule has 0 aliphatic heterocycles. The van der Waals surface area contributed by atoms with Crippen molar-refractivity contribution in [2.45, 2.75) is 6.61 Å². The monoisotopic (exact) mass is 230 g/mol. The van der Waals surface area contributed by atoms with Crippen molar-refractivity contribution in [2.24, 2.45) is 0 Å². The van der Waals surface area contributed by atoms with Crippen LogP contribution >= 0.6 is 15.9 Å². The Morgan fingerprint density at radius 1 is 1.50 bits per heavy atom. The Morgan fingerprint density at radius 3 is 2.67 bits per heavy atom. The fraction of sp³-hybridized carbons (Fsp3) is 0.125. The molecule has 0 radical (unpaired) electrons. The molecule has 12 heavy (non-hydrogen) atoms. The minimum atomic E-state index is -1.03. The molecule has 4 heteroatoms. The molecule has 0 unspecified atom stereocenters. The molecule has 0 heterocycles. The lowest BCUT2D eigenvalue weighted by Crippen LogP contribution is -2.01. The maximum Gasteiger partial charge on any atom is 0.336 e. The maximum atomic E-state index is 10.6. The van der Waals surface area contributed by atoms with E-state index in [9.17, 15) is 4.79 Å². The van der Waals surface area contributed by atoms with E-state index in [1.165, 1.54) is 6.07 Å². The van der Waals surface area contributed by atoms with Crippen LogP contribution < -0.4 is 0 Å². The summed E-state index contributed by atoms with van der Waals surface area (Å²) in [5, 5.41) is 17.5. The molecule has 0 atom stereocenters. The van der Waals surface area contributed by atoms with E-state index in [1.807, 2.05) is 0 Å². The van der Waals surface area contributed by atoms with Gasteiger partial charge in [-0.2, -0.15) is 0 Å². The van der Waals surface area contributed by atoms with Crippen molar-refractivity contribution >= 4 is 21.9 Å². The quantitative estimate of drug-likeness (QED) is 0.813. The first-order valence-corrected chi connectivity index (χ1v) is 4.07. The number of carboxylic acids is 1. The van der Waals surface area contributed by atoms with Crippen molar-refractivity contribution in [3.8, 4) is 0 Å². The van der Waals surface area contributed by atoms with Crippen LogP contribution in [0, 0.1) is 0 Å². The summed E-state index contributed by atoms with van der Waals surface area (Å²) in [6.45, 7) is -0.255. The molecule has 3 nitrogen and oxygen atoms in total. The maximum absolute atomic E-state index is 10.6. The Morgan fingerprint density at radius 2 is 2.17 bits per heavy atom. The van der Waals surface area contributed by atoms with Crippen LogP contribution in [0.1, 0.15) is 15.9 Å². The first-order chi connectivity index (χ1) is 5.65. The van der Waals surface area contributed by atoms with Crippen LogP contribution in [0.2, 0.25) is 0 Å². The second-order valence-corrected chi connectivity index (χ2v) is 3.18. The molecule has 2 N–H and O–H groups in total. The van der Waals surface area contributed by atoms with Crippen LogP contribution in [0.5, 0.6) is 0 Å². The van der Waals surface area contributed by atoms with E-state index in [1.54, 1.807) is 12.1 Å². The highest BCUT2D eigenvalue weighted by Gasteiger charge is 2.08. The van der Waals surface area contributed by atoms with Crippen molar-refractivity contribution in [1.82, 2.24) is 0 Å². The topological polar surface area (TPSA) is 57.5 Å². The predicted molar refractivity (Wildman–Crippen MR) is 47.0 cm³/mol. The number of aromatic carboxylic acids is 1. The Balaban J connectivity index is 3.21. The van der Waals surface area contributed by atoms with E-state index in [2.05, 4.69) is 15.9 Å². The molecule has 0 spiro atoms. The van der Waals surface area contributed by atoms with E-state index < -0.39 is 5.97 Å². The normalized spacial score (nSPS) is 9.83. The third kappa shape index (κ3) is 1.84. The van der Waals surface area contributed by atoms with Gasteiger partial charge in [-0.25, -0.2) is 4.79 Å². The van der Waals surface area contributed by atoms with Gasteiger partial charge in [0.05, 0.1) is 12.2 Å². The second-order valence-electron chi connectivity index (χ2n) is 2.26. The van der Waals surface area contributed by atoms with Gasteiger partial charge in [0, 0.05) is 4.47 Å². The minimum absolute atomic E-state index is 0.131. The summed E-state index contributed by atoms with van der Waals surface area (Å²) in [5.41, 5.74) is 0.553. The summed E-state index contributed by atoms with van der Waals surface area (Å²) in [5.74, 6) is -1.03. The van der Waals surface area contributed by atoms with Crippen molar-refractivity contribution in [3.05, 3.63) is 33.8 Å². The molecule has 1 rings (SSSR count). The summed E-state index contributed by atoms with van der Waals surface area (Å²) >= 11 is 3.15. The molecule has 0 aliphatic rings. The number of rotatable bonds is 2. The van der Waals surface area contributed by atoms with Crippen LogP contribution in [0.15, 0.2) is 22.7 Å². The molecule has 0 saturated carbocycles. The van der Waals surface area contributed by atoms with E-state index in [0.717, 1.165) is 0 Å². The number of carboxylic acid groups (broad SMARTS) is 1. The van der Waals surface area contributed by atoms with Gasteiger partial charge in [-0.3, -0.25) is 0 Å². The van der Waals surface area contributed by atoms with Crippen LogP contribution in [-0.4, -0.2) is 16.2 Å². The number of aliphatic hydroxyl groups excluding tert-OH is 1. The van der Waals surface area contributed by atoms with Crippen molar-refractivity contribution in [1.29, 1.82) is 0 Å². The molecular formula is C8H7BrO3. The average Bonchev–Trinajstić information content (AvgIpc) is 2.04. The molecule has 0 aliphatic carbocycles. The Hall–Kier alpha value is -0.870. The largest absolute Gasteiger partial charge is 0.478 e. The zero-order chi connectivity index (χ0) is 9.14. The van der Waals surface area contributed by atoms with Gasteiger partial charge in [-0.15, -0.1) is 0 Å². The highest BCUT2D eigenvalue weighted by atomic mass is 79.9. The fourth-order valence-corrected chi connectivity index (χ4v) is 1.25. The number of aliphatic hydroxyl groups is 1. The van der Waals surface area contributed by atoms with E-state index in [4.69, 9.17) is 10.2 Å². The van der Waals surface area contributed by atoms with E-state index >= 15 is 0 Å². The summed E-state index contributed by atoms with van der Waals surface area (Å²) in [7, 11) is 0. The number of benzene rings is 1. The first kappa shape index (κ1) is 9.22. The molecule has 0 bridgehead atoms. The van der Waals surface area contributed by atoms with Crippen LogP contribution in [0.3, 0.4) is 0 Å². The van der Waals surface area contributed by atoms with Crippen molar-refractivity contribution in [3.63, 3.8) is 0 Å². The fourth-order valence-electron chi connectivity index (χ4n) is 0.886. The van der Waals surface area contributed by atoms with Gasteiger partial charge >= 0.3 is 5.97 Å². The third-order valence-electron chi connectivity index (χ3n) is 1.47. The summed E-state index contributed by atoms with van der Waals surface area (Å²) in [4.78, 5) is 10.6. The summed E-state index contributed by atoms with van der Waals surface area (Å²) < 4.78 is 0.692.